The van der Waals surface area contributed by atoms with Gasteiger partial charge in [0, 0.05) is 6.07 Å². The van der Waals surface area contributed by atoms with Crippen LogP contribution in [-0.4, -0.2) is 37.3 Å². The van der Waals surface area contributed by atoms with E-state index >= 15 is 0 Å². The molecule has 8 nitrogen and oxygen atoms in total. The zero-order valence-electron chi connectivity index (χ0n) is 13.8. The number of nitrogens with one attached hydrogen (secondary N) is 2. The predicted octanol–water partition coefficient (Wildman–Crippen LogP) is 1.88. The normalized spacial score (nSPS) is 11.6. The fourth-order valence-electron chi connectivity index (χ4n) is 2.05. The molecule has 136 valence electrons. The molecule has 0 aliphatic carbocycles. The number of rotatable bonds is 7. The number of sulfonamides is 2. The average molecular weight is 386 g/mol. The van der Waals surface area contributed by atoms with Crippen LogP contribution in [0.1, 0.15) is 0 Å². The first-order valence-corrected chi connectivity index (χ1v) is 10.4. The molecule has 0 saturated carbocycles. The molecule has 0 aliphatic heterocycles. The Morgan fingerprint density at radius 3 is 1.96 bits per heavy atom. The SMILES string of the molecule is COc1ccc(OC)c(S(=O)(=O)Nc2ccccc2NS(C)(=O)=O)c1. The second-order valence-corrected chi connectivity index (χ2v) is 8.44. The van der Waals surface area contributed by atoms with Crippen molar-refractivity contribution < 1.29 is 26.3 Å². The van der Waals surface area contributed by atoms with Gasteiger partial charge in [0.2, 0.25) is 10.0 Å². The van der Waals surface area contributed by atoms with E-state index in [2.05, 4.69) is 9.44 Å². The fourth-order valence-corrected chi connectivity index (χ4v) is 3.90. The van der Waals surface area contributed by atoms with E-state index in [9.17, 15) is 16.8 Å². The Labute approximate surface area is 146 Å². The Kier molecular flexibility index (Phi) is 5.43. The maximum absolute atomic E-state index is 12.7. The molecule has 0 atom stereocenters. The van der Waals surface area contributed by atoms with Crippen LogP contribution in [0.2, 0.25) is 0 Å². The van der Waals surface area contributed by atoms with Crippen molar-refractivity contribution in [2.45, 2.75) is 4.90 Å². The van der Waals surface area contributed by atoms with Crippen LogP contribution in [-0.2, 0) is 20.0 Å². The highest BCUT2D eigenvalue weighted by Crippen LogP contribution is 2.31. The maximum Gasteiger partial charge on any atom is 0.265 e. The molecule has 2 N–H and O–H groups in total. The van der Waals surface area contributed by atoms with Gasteiger partial charge in [0.15, 0.2) is 0 Å². The number of ether oxygens (including phenoxy) is 2. The topological polar surface area (TPSA) is 111 Å². The van der Waals surface area contributed by atoms with Crippen molar-refractivity contribution in [3.8, 4) is 11.5 Å². The van der Waals surface area contributed by atoms with Crippen LogP contribution >= 0.6 is 0 Å². The van der Waals surface area contributed by atoms with Gasteiger partial charge in [-0.25, -0.2) is 16.8 Å². The van der Waals surface area contributed by atoms with E-state index < -0.39 is 20.0 Å². The lowest BCUT2D eigenvalue weighted by molar-refractivity contribution is 0.392. The first-order chi connectivity index (χ1) is 11.7. The summed E-state index contributed by atoms with van der Waals surface area (Å²) in [5.74, 6) is 0.463. The van der Waals surface area contributed by atoms with E-state index in [0.29, 0.717) is 5.75 Å². The zero-order valence-corrected chi connectivity index (χ0v) is 15.4. The van der Waals surface area contributed by atoms with Gasteiger partial charge < -0.3 is 9.47 Å². The molecule has 0 bridgehead atoms. The number of benzene rings is 2. The highest BCUT2D eigenvalue weighted by molar-refractivity contribution is 7.93. The highest BCUT2D eigenvalue weighted by atomic mass is 32.2. The lowest BCUT2D eigenvalue weighted by atomic mass is 10.3. The monoisotopic (exact) mass is 386 g/mol. The third kappa shape index (κ3) is 4.77. The minimum absolute atomic E-state index is 0.0813. The van der Waals surface area contributed by atoms with Crippen LogP contribution in [0, 0.1) is 0 Å². The molecule has 25 heavy (non-hydrogen) atoms. The Hall–Kier alpha value is -2.46. The van der Waals surface area contributed by atoms with Gasteiger partial charge in [-0.3, -0.25) is 9.44 Å². The Balaban J connectivity index is 2.47. The number of hydrogen-bond acceptors (Lipinski definition) is 6. The van der Waals surface area contributed by atoms with Crippen molar-refractivity contribution in [2.75, 3.05) is 29.9 Å². The molecule has 0 fully saturated rings. The van der Waals surface area contributed by atoms with Crippen LogP contribution in [0.15, 0.2) is 47.4 Å². The standard InChI is InChI=1S/C15H18N2O6S2/c1-22-11-8-9-14(23-2)15(10-11)25(20,21)17-13-7-5-4-6-12(13)16-24(3,18)19/h4-10,16-17H,1-3H3. The van der Waals surface area contributed by atoms with Crippen molar-refractivity contribution in [2.24, 2.45) is 0 Å². The molecule has 0 heterocycles. The van der Waals surface area contributed by atoms with E-state index in [1.807, 2.05) is 0 Å². The van der Waals surface area contributed by atoms with Crippen molar-refractivity contribution in [3.63, 3.8) is 0 Å². The summed E-state index contributed by atoms with van der Waals surface area (Å²) in [5.41, 5.74) is 0.188. The summed E-state index contributed by atoms with van der Waals surface area (Å²) in [6.45, 7) is 0. The van der Waals surface area contributed by atoms with E-state index in [4.69, 9.17) is 9.47 Å². The van der Waals surface area contributed by atoms with Crippen molar-refractivity contribution in [1.82, 2.24) is 0 Å². The van der Waals surface area contributed by atoms with Gasteiger partial charge >= 0.3 is 0 Å². The van der Waals surface area contributed by atoms with Gasteiger partial charge in [0.25, 0.3) is 10.0 Å². The first-order valence-electron chi connectivity index (χ1n) is 6.98. The van der Waals surface area contributed by atoms with E-state index in [0.717, 1.165) is 6.26 Å². The minimum atomic E-state index is -4.06. The van der Waals surface area contributed by atoms with Crippen LogP contribution in [0.25, 0.3) is 0 Å². The van der Waals surface area contributed by atoms with Gasteiger partial charge in [-0.2, -0.15) is 0 Å². The Morgan fingerprint density at radius 2 is 1.44 bits per heavy atom. The highest BCUT2D eigenvalue weighted by Gasteiger charge is 2.22. The van der Waals surface area contributed by atoms with E-state index in [1.54, 1.807) is 18.2 Å². The Morgan fingerprint density at radius 1 is 0.840 bits per heavy atom. The molecule has 0 aliphatic rings. The summed E-state index contributed by atoms with van der Waals surface area (Å²) >= 11 is 0. The first kappa shape index (κ1) is 18.9. The molecule has 0 amide bonds. The van der Waals surface area contributed by atoms with Crippen LogP contribution < -0.4 is 18.9 Å². The number of hydrogen-bond donors (Lipinski definition) is 2. The summed E-state index contributed by atoms with van der Waals surface area (Å²) < 4.78 is 63.2. The summed E-state index contributed by atoms with van der Waals surface area (Å²) in [5, 5.41) is 0. The van der Waals surface area contributed by atoms with Gasteiger partial charge in [-0.1, -0.05) is 12.1 Å². The van der Waals surface area contributed by atoms with Crippen molar-refractivity contribution >= 4 is 31.4 Å². The van der Waals surface area contributed by atoms with Crippen LogP contribution in [0.5, 0.6) is 11.5 Å². The van der Waals surface area contributed by atoms with Crippen LogP contribution in [0.3, 0.4) is 0 Å². The summed E-state index contributed by atoms with van der Waals surface area (Å²) in [6.07, 6.45) is 0.976. The van der Waals surface area contributed by atoms with Crippen molar-refractivity contribution in [3.05, 3.63) is 42.5 Å². The molecule has 10 heteroatoms. The molecule has 0 unspecified atom stereocenters. The number of methoxy groups -OCH3 is 2. The van der Waals surface area contributed by atoms with Gasteiger partial charge in [0.1, 0.15) is 16.4 Å². The fraction of sp³-hybridized carbons (Fsp3) is 0.200. The van der Waals surface area contributed by atoms with Gasteiger partial charge in [0.05, 0.1) is 31.9 Å². The summed E-state index contributed by atoms with van der Waals surface area (Å²) in [7, 11) is -4.87. The van der Waals surface area contributed by atoms with Crippen molar-refractivity contribution in [1.29, 1.82) is 0 Å². The largest absolute Gasteiger partial charge is 0.497 e. The second kappa shape index (κ2) is 7.19. The smallest absolute Gasteiger partial charge is 0.265 e. The molecule has 0 saturated heterocycles. The third-order valence-corrected chi connectivity index (χ3v) is 5.10. The predicted molar refractivity (Wildman–Crippen MR) is 95.3 cm³/mol. The Bertz CT molecular complexity index is 971. The molecule has 0 aromatic heterocycles. The minimum Gasteiger partial charge on any atom is -0.497 e. The lowest BCUT2D eigenvalue weighted by Crippen LogP contribution is -2.17. The maximum atomic E-state index is 12.7. The number of para-hydroxylation sites is 2. The van der Waals surface area contributed by atoms with E-state index in [-0.39, 0.29) is 22.0 Å². The zero-order chi connectivity index (χ0) is 18.7. The van der Waals surface area contributed by atoms with Gasteiger partial charge in [-0.15, -0.1) is 0 Å². The van der Waals surface area contributed by atoms with Crippen LogP contribution in [0.4, 0.5) is 11.4 Å². The molecule has 0 radical (unpaired) electrons. The quantitative estimate of drug-likeness (QED) is 0.752. The molecule has 0 spiro atoms. The third-order valence-electron chi connectivity index (χ3n) is 3.13. The summed E-state index contributed by atoms with van der Waals surface area (Å²) in [4.78, 5) is -0.136. The number of anilines is 2. The molecule has 2 aromatic carbocycles. The molecular weight excluding hydrogens is 368 g/mol. The molecular formula is C15H18N2O6S2. The average Bonchev–Trinajstić information content (AvgIpc) is 2.54. The summed E-state index contributed by atoms with van der Waals surface area (Å²) in [6, 6.07) is 10.4. The lowest BCUT2D eigenvalue weighted by Gasteiger charge is -2.15. The van der Waals surface area contributed by atoms with E-state index in [1.165, 1.54) is 38.5 Å². The molecule has 2 aromatic rings. The van der Waals surface area contributed by atoms with Gasteiger partial charge in [-0.05, 0) is 24.3 Å². The second-order valence-electron chi connectivity index (χ2n) is 5.04. The molecule has 2 rings (SSSR count).